The third-order valence-corrected chi connectivity index (χ3v) is 6.41. The Balaban J connectivity index is 1.55. The molecule has 2 aromatic rings. The number of halogens is 1. The van der Waals surface area contributed by atoms with Crippen molar-refractivity contribution in [1.82, 2.24) is 0 Å². The van der Waals surface area contributed by atoms with Gasteiger partial charge in [0.25, 0.3) is 0 Å². The predicted octanol–water partition coefficient (Wildman–Crippen LogP) is 5.34. The van der Waals surface area contributed by atoms with E-state index in [9.17, 15) is 9.59 Å². The Bertz CT molecular complexity index is 993. The van der Waals surface area contributed by atoms with Gasteiger partial charge in [0.05, 0.1) is 5.02 Å². The lowest BCUT2D eigenvalue weighted by Crippen LogP contribution is -2.42. The number of hydrogen-bond acceptors (Lipinski definition) is 3. The molecule has 0 heterocycles. The van der Waals surface area contributed by atoms with E-state index < -0.39 is 0 Å². The molecular weight excluding hydrogens is 348 g/mol. The van der Waals surface area contributed by atoms with Crippen molar-refractivity contribution in [3.8, 4) is 11.5 Å². The van der Waals surface area contributed by atoms with E-state index in [0.29, 0.717) is 27.6 Å². The Morgan fingerprint density at radius 2 is 1.88 bits per heavy atom. The predicted molar refractivity (Wildman–Crippen MR) is 99.0 cm³/mol. The quantitative estimate of drug-likeness (QED) is 0.675. The SMILES string of the molecule is CC12C=CC(C1)C1C(=O)c3cc(Oc4ccccc4Cl)ccc3C(=O)C12. The summed E-state index contributed by atoms with van der Waals surface area (Å²) in [7, 11) is 0. The Morgan fingerprint density at radius 3 is 2.69 bits per heavy atom. The Labute approximate surface area is 156 Å². The number of hydrogen-bond donors (Lipinski definition) is 0. The maximum Gasteiger partial charge on any atom is 0.168 e. The van der Waals surface area contributed by atoms with E-state index in [1.54, 1.807) is 30.3 Å². The number of benzene rings is 2. The van der Waals surface area contributed by atoms with Crippen LogP contribution in [0, 0.1) is 23.2 Å². The van der Waals surface area contributed by atoms with Crippen molar-refractivity contribution < 1.29 is 14.3 Å². The summed E-state index contributed by atoms with van der Waals surface area (Å²) in [5, 5.41) is 0.499. The highest BCUT2D eigenvalue weighted by molar-refractivity contribution is 6.32. The zero-order chi connectivity index (χ0) is 18.1. The van der Waals surface area contributed by atoms with E-state index >= 15 is 0 Å². The van der Waals surface area contributed by atoms with E-state index in [-0.39, 0.29) is 34.7 Å². The van der Waals surface area contributed by atoms with Crippen LogP contribution < -0.4 is 4.74 Å². The van der Waals surface area contributed by atoms with Gasteiger partial charge in [-0.1, -0.05) is 42.8 Å². The lowest BCUT2D eigenvalue weighted by molar-refractivity contribution is 0.0676. The number of Topliss-reactive ketones (excluding diaryl/α,β-unsaturated/α-hetero) is 2. The zero-order valence-electron chi connectivity index (χ0n) is 14.2. The van der Waals surface area contributed by atoms with Crippen molar-refractivity contribution in [2.45, 2.75) is 13.3 Å². The lowest BCUT2D eigenvalue weighted by atomic mass is 9.65. The number of carbonyl (C=O) groups is 2. The molecule has 0 aromatic heterocycles. The van der Waals surface area contributed by atoms with Gasteiger partial charge in [0.15, 0.2) is 11.6 Å². The monoisotopic (exact) mass is 364 g/mol. The Hall–Kier alpha value is -2.39. The molecule has 3 nitrogen and oxygen atoms in total. The molecule has 2 aromatic carbocycles. The largest absolute Gasteiger partial charge is 0.456 e. The molecular formula is C22H17ClO3. The van der Waals surface area contributed by atoms with Crippen molar-refractivity contribution in [2.75, 3.05) is 0 Å². The molecule has 0 saturated heterocycles. The first kappa shape index (κ1) is 15.8. The lowest BCUT2D eigenvalue weighted by Gasteiger charge is -2.36. The minimum Gasteiger partial charge on any atom is -0.456 e. The summed E-state index contributed by atoms with van der Waals surface area (Å²) in [6.07, 6.45) is 5.13. The first-order valence-corrected chi connectivity index (χ1v) is 9.20. The zero-order valence-corrected chi connectivity index (χ0v) is 15.0. The molecule has 4 unspecified atom stereocenters. The Morgan fingerprint density at radius 1 is 1.08 bits per heavy atom. The highest BCUT2D eigenvalue weighted by atomic mass is 35.5. The highest BCUT2D eigenvalue weighted by Crippen LogP contribution is 2.59. The number of rotatable bonds is 2. The second kappa shape index (κ2) is 5.31. The van der Waals surface area contributed by atoms with Crippen LogP contribution in [0.4, 0.5) is 0 Å². The Kier molecular flexibility index (Phi) is 3.23. The molecule has 1 fully saturated rings. The summed E-state index contributed by atoms with van der Waals surface area (Å²) in [4.78, 5) is 26.3. The van der Waals surface area contributed by atoms with Gasteiger partial charge in [-0.25, -0.2) is 0 Å². The van der Waals surface area contributed by atoms with Crippen LogP contribution in [-0.2, 0) is 0 Å². The second-order valence-electron chi connectivity index (χ2n) is 7.70. The molecule has 130 valence electrons. The van der Waals surface area contributed by atoms with Gasteiger partial charge in [0.1, 0.15) is 11.5 Å². The fraction of sp³-hybridized carbons (Fsp3) is 0.273. The first-order chi connectivity index (χ1) is 12.5. The maximum absolute atomic E-state index is 13.2. The molecule has 0 N–H and O–H groups in total. The summed E-state index contributed by atoms with van der Waals surface area (Å²) in [5.74, 6) is 0.893. The van der Waals surface area contributed by atoms with Crippen LogP contribution >= 0.6 is 11.6 Å². The van der Waals surface area contributed by atoms with Gasteiger partial charge in [-0.2, -0.15) is 0 Å². The fourth-order valence-electron chi connectivity index (χ4n) is 4.94. The fourth-order valence-corrected chi connectivity index (χ4v) is 5.11. The summed E-state index contributed by atoms with van der Waals surface area (Å²) in [6, 6.07) is 12.3. The third-order valence-electron chi connectivity index (χ3n) is 6.10. The third kappa shape index (κ3) is 2.07. The molecule has 3 aliphatic carbocycles. The minimum absolute atomic E-state index is 0.0623. The number of carbonyl (C=O) groups excluding carboxylic acids is 2. The topological polar surface area (TPSA) is 43.4 Å². The van der Waals surface area contributed by atoms with Crippen molar-refractivity contribution in [3.63, 3.8) is 0 Å². The van der Waals surface area contributed by atoms with Gasteiger partial charge < -0.3 is 4.74 Å². The number of fused-ring (bicyclic) bond motifs is 6. The average molecular weight is 365 g/mol. The van der Waals surface area contributed by atoms with E-state index in [4.69, 9.17) is 16.3 Å². The van der Waals surface area contributed by atoms with Gasteiger partial charge in [-0.15, -0.1) is 0 Å². The standard InChI is InChI=1S/C22H17ClO3/c1-22-9-8-12(11-22)18-19(22)21(25)14-7-6-13(10-15(14)20(18)24)26-17-5-3-2-4-16(17)23/h2-10,12,18-19H,11H2,1H3. The number of ether oxygens (including phenoxy) is 1. The smallest absolute Gasteiger partial charge is 0.168 e. The molecule has 3 aliphatic rings. The average Bonchev–Trinajstić information content (AvgIpc) is 3.15. The van der Waals surface area contributed by atoms with Crippen LogP contribution in [-0.4, -0.2) is 11.6 Å². The number of allylic oxidation sites excluding steroid dienone is 2. The van der Waals surface area contributed by atoms with Crippen LogP contribution in [0.5, 0.6) is 11.5 Å². The maximum atomic E-state index is 13.2. The molecule has 4 atom stereocenters. The van der Waals surface area contributed by atoms with Gasteiger partial charge in [-0.3, -0.25) is 9.59 Å². The molecule has 0 aliphatic heterocycles. The molecule has 0 spiro atoms. The summed E-state index contributed by atoms with van der Waals surface area (Å²) in [6.45, 7) is 2.10. The summed E-state index contributed by atoms with van der Waals surface area (Å²) in [5.41, 5.74) is 0.808. The molecule has 26 heavy (non-hydrogen) atoms. The molecule has 5 rings (SSSR count). The molecule has 0 amide bonds. The second-order valence-corrected chi connectivity index (χ2v) is 8.11. The van der Waals surface area contributed by atoms with Crippen molar-refractivity contribution in [1.29, 1.82) is 0 Å². The van der Waals surface area contributed by atoms with Crippen molar-refractivity contribution >= 4 is 23.2 Å². The number of ketones is 2. The van der Waals surface area contributed by atoms with Crippen LogP contribution in [0.2, 0.25) is 5.02 Å². The normalized spacial score (nSPS) is 31.1. The summed E-state index contributed by atoms with van der Waals surface area (Å²) < 4.78 is 5.84. The van der Waals surface area contributed by atoms with E-state index in [0.717, 1.165) is 6.42 Å². The van der Waals surface area contributed by atoms with Crippen LogP contribution in [0.25, 0.3) is 0 Å². The van der Waals surface area contributed by atoms with E-state index in [2.05, 4.69) is 19.1 Å². The molecule has 0 radical (unpaired) electrons. The van der Waals surface area contributed by atoms with Crippen molar-refractivity contribution in [2.24, 2.45) is 23.2 Å². The summed E-state index contributed by atoms with van der Waals surface area (Å²) >= 11 is 6.15. The van der Waals surface area contributed by atoms with Gasteiger partial charge in [0, 0.05) is 23.0 Å². The highest BCUT2D eigenvalue weighted by Gasteiger charge is 2.60. The molecule has 4 heteroatoms. The van der Waals surface area contributed by atoms with Crippen molar-refractivity contribution in [3.05, 3.63) is 70.8 Å². The van der Waals surface area contributed by atoms with Crippen LogP contribution in [0.1, 0.15) is 34.1 Å². The van der Waals surface area contributed by atoms with Crippen LogP contribution in [0.15, 0.2) is 54.6 Å². The molecule has 1 saturated carbocycles. The van der Waals surface area contributed by atoms with Gasteiger partial charge in [-0.05, 0) is 48.1 Å². The minimum atomic E-state index is -0.236. The van der Waals surface area contributed by atoms with Crippen LogP contribution in [0.3, 0.4) is 0 Å². The van der Waals surface area contributed by atoms with E-state index in [1.807, 2.05) is 12.1 Å². The van der Waals surface area contributed by atoms with Gasteiger partial charge in [0.2, 0.25) is 0 Å². The van der Waals surface area contributed by atoms with E-state index in [1.165, 1.54) is 0 Å². The number of para-hydroxylation sites is 1. The van der Waals surface area contributed by atoms with Gasteiger partial charge >= 0.3 is 0 Å². The molecule has 2 bridgehead atoms. The first-order valence-electron chi connectivity index (χ1n) is 8.82.